The molecule has 1 aromatic carbocycles. The minimum Gasteiger partial charge on any atom is -0.340 e. The summed E-state index contributed by atoms with van der Waals surface area (Å²) in [4.78, 5) is 14.5. The van der Waals surface area contributed by atoms with Crippen LogP contribution in [0.25, 0.3) is 0 Å². The standard InChI is InChI=1S/C14H18N2OS/c15-11-5-7-16(9-11)14(17)13-12-4-2-1-3-10(12)6-8-18-13/h1-4,11,13H,5-9,15H2/t11-,13?/m0/s1. The Labute approximate surface area is 112 Å². The van der Waals surface area contributed by atoms with Crippen molar-refractivity contribution in [3.8, 4) is 0 Å². The van der Waals surface area contributed by atoms with Crippen LogP contribution in [0, 0.1) is 0 Å². The molecule has 96 valence electrons. The summed E-state index contributed by atoms with van der Waals surface area (Å²) in [5, 5.41) is -0.0137. The molecule has 2 aliphatic rings. The summed E-state index contributed by atoms with van der Waals surface area (Å²) in [5.41, 5.74) is 8.43. The Morgan fingerprint density at radius 2 is 2.22 bits per heavy atom. The number of fused-ring (bicyclic) bond motifs is 1. The summed E-state index contributed by atoms with van der Waals surface area (Å²) >= 11 is 1.77. The summed E-state index contributed by atoms with van der Waals surface area (Å²) in [6.07, 6.45) is 2.01. The smallest absolute Gasteiger partial charge is 0.240 e. The predicted molar refractivity (Wildman–Crippen MR) is 74.5 cm³/mol. The van der Waals surface area contributed by atoms with E-state index in [1.807, 2.05) is 11.0 Å². The molecule has 0 aromatic heterocycles. The molecule has 3 rings (SSSR count). The summed E-state index contributed by atoms with van der Waals surface area (Å²) in [6.45, 7) is 1.54. The van der Waals surface area contributed by atoms with Crippen molar-refractivity contribution in [2.75, 3.05) is 18.8 Å². The lowest BCUT2D eigenvalue weighted by atomic mass is 10.0. The Morgan fingerprint density at radius 1 is 1.39 bits per heavy atom. The van der Waals surface area contributed by atoms with Gasteiger partial charge >= 0.3 is 0 Å². The number of nitrogens with zero attached hydrogens (tertiary/aromatic N) is 1. The molecule has 0 spiro atoms. The maximum atomic E-state index is 12.6. The maximum Gasteiger partial charge on any atom is 0.240 e. The average Bonchev–Trinajstić information content (AvgIpc) is 2.84. The van der Waals surface area contributed by atoms with Gasteiger partial charge < -0.3 is 10.6 Å². The van der Waals surface area contributed by atoms with Gasteiger partial charge in [0, 0.05) is 19.1 Å². The SMILES string of the molecule is N[C@H]1CCN(C(=O)C2SCCc3ccccc32)C1. The van der Waals surface area contributed by atoms with Gasteiger partial charge in [-0.3, -0.25) is 4.79 Å². The van der Waals surface area contributed by atoms with E-state index < -0.39 is 0 Å². The first-order chi connectivity index (χ1) is 8.75. The van der Waals surface area contributed by atoms with E-state index in [0.29, 0.717) is 0 Å². The summed E-state index contributed by atoms with van der Waals surface area (Å²) in [7, 11) is 0. The molecule has 0 bridgehead atoms. The number of hydrogen-bond acceptors (Lipinski definition) is 3. The van der Waals surface area contributed by atoms with Gasteiger partial charge in [0.2, 0.25) is 5.91 Å². The Bertz CT molecular complexity index is 463. The Morgan fingerprint density at radius 3 is 3.00 bits per heavy atom. The van der Waals surface area contributed by atoms with Gasteiger partial charge in [-0.05, 0) is 29.7 Å². The summed E-state index contributed by atoms with van der Waals surface area (Å²) in [5.74, 6) is 1.29. The molecular weight excluding hydrogens is 244 g/mol. The highest BCUT2D eigenvalue weighted by atomic mass is 32.2. The van der Waals surface area contributed by atoms with Crippen molar-refractivity contribution in [3.05, 3.63) is 35.4 Å². The van der Waals surface area contributed by atoms with E-state index in [0.717, 1.165) is 31.7 Å². The average molecular weight is 262 g/mol. The largest absolute Gasteiger partial charge is 0.340 e. The molecule has 1 unspecified atom stereocenters. The zero-order valence-corrected chi connectivity index (χ0v) is 11.2. The Hall–Kier alpha value is -1.00. The molecule has 0 aliphatic carbocycles. The van der Waals surface area contributed by atoms with Crippen LogP contribution in [-0.4, -0.2) is 35.7 Å². The van der Waals surface area contributed by atoms with Gasteiger partial charge in [0.15, 0.2) is 0 Å². The molecule has 1 saturated heterocycles. The van der Waals surface area contributed by atoms with E-state index in [2.05, 4.69) is 18.2 Å². The monoisotopic (exact) mass is 262 g/mol. The lowest BCUT2D eigenvalue weighted by molar-refractivity contribution is -0.129. The number of carbonyl (C=O) groups excluding carboxylic acids is 1. The first kappa shape index (κ1) is 12.1. The number of aryl methyl sites for hydroxylation is 1. The van der Waals surface area contributed by atoms with Crippen LogP contribution < -0.4 is 5.73 Å². The van der Waals surface area contributed by atoms with E-state index in [-0.39, 0.29) is 17.2 Å². The molecule has 1 fully saturated rings. The highest BCUT2D eigenvalue weighted by molar-refractivity contribution is 8.00. The molecule has 1 aromatic rings. The van der Waals surface area contributed by atoms with Crippen molar-refractivity contribution >= 4 is 17.7 Å². The van der Waals surface area contributed by atoms with Crippen molar-refractivity contribution < 1.29 is 4.79 Å². The van der Waals surface area contributed by atoms with Crippen LogP contribution in [-0.2, 0) is 11.2 Å². The number of nitrogens with two attached hydrogens (primary N) is 1. The van der Waals surface area contributed by atoms with Crippen molar-refractivity contribution in [3.63, 3.8) is 0 Å². The molecule has 3 nitrogen and oxygen atoms in total. The van der Waals surface area contributed by atoms with Crippen molar-refractivity contribution in [2.45, 2.75) is 24.1 Å². The second-order valence-electron chi connectivity index (χ2n) is 5.03. The number of benzene rings is 1. The third-order valence-corrected chi connectivity index (χ3v) is 4.98. The van der Waals surface area contributed by atoms with Crippen molar-refractivity contribution in [2.24, 2.45) is 5.73 Å². The third-order valence-electron chi connectivity index (χ3n) is 3.75. The van der Waals surface area contributed by atoms with Crippen LogP contribution in [0.15, 0.2) is 24.3 Å². The van der Waals surface area contributed by atoms with E-state index in [1.165, 1.54) is 11.1 Å². The molecule has 4 heteroatoms. The third kappa shape index (κ3) is 2.15. The van der Waals surface area contributed by atoms with E-state index in [9.17, 15) is 4.79 Å². The van der Waals surface area contributed by atoms with Crippen LogP contribution in [0.5, 0.6) is 0 Å². The lowest BCUT2D eigenvalue weighted by Gasteiger charge is -2.28. The second-order valence-corrected chi connectivity index (χ2v) is 6.25. The fourth-order valence-corrected chi connectivity index (χ4v) is 4.03. The highest BCUT2D eigenvalue weighted by Gasteiger charge is 2.33. The van der Waals surface area contributed by atoms with Gasteiger partial charge in [0.25, 0.3) is 0 Å². The number of carbonyl (C=O) groups is 1. The lowest BCUT2D eigenvalue weighted by Crippen LogP contribution is -2.35. The van der Waals surface area contributed by atoms with Crippen molar-refractivity contribution in [1.29, 1.82) is 0 Å². The zero-order valence-electron chi connectivity index (χ0n) is 10.3. The number of amides is 1. The highest BCUT2D eigenvalue weighted by Crippen LogP contribution is 2.38. The van der Waals surface area contributed by atoms with E-state index in [1.54, 1.807) is 11.8 Å². The molecule has 0 saturated carbocycles. The van der Waals surface area contributed by atoms with Gasteiger partial charge in [0.1, 0.15) is 5.25 Å². The van der Waals surface area contributed by atoms with Crippen molar-refractivity contribution in [1.82, 2.24) is 4.90 Å². The van der Waals surface area contributed by atoms with Gasteiger partial charge in [-0.1, -0.05) is 24.3 Å². The van der Waals surface area contributed by atoms with E-state index >= 15 is 0 Å². The second kappa shape index (κ2) is 4.94. The van der Waals surface area contributed by atoms with Gasteiger partial charge in [-0.2, -0.15) is 0 Å². The molecule has 2 aliphatic heterocycles. The topological polar surface area (TPSA) is 46.3 Å². The minimum atomic E-state index is -0.0137. The molecule has 2 heterocycles. The Kier molecular flexibility index (Phi) is 3.31. The van der Waals surface area contributed by atoms with Crippen LogP contribution >= 0.6 is 11.8 Å². The molecule has 18 heavy (non-hydrogen) atoms. The van der Waals surface area contributed by atoms with Gasteiger partial charge in [-0.15, -0.1) is 11.8 Å². The number of rotatable bonds is 1. The molecule has 2 atom stereocenters. The quantitative estimate of drug-likeness (QED) is 0.836. The van der Waals surface area contributed by atoms with Crippen LogP contribution in [0.4, 0.5) is 0 Å². The van der Waals surface area contributed by atoms with Crippen LogP contribution in [0.2, 0.25) is 0 Å². The zero-order chi connectivity index (χ0) is 12.5. The fraction of sp³-hybridized carbons (Fsp3) is 0.500. The van der Waals surface area contributed by atoms with Gasteiger partial charge in [0.05, 0.1) is 0 Å². The van der Waals surface area contributed by atoms with E-state index in [4.69, 9.17) is 5.73 Å². The first-order valence-electron chi connectivity index (χ1n) is 6.49. The summed E-state index contributed by atoms with van der Waals surface area (Å²) < 4.78 is 0. The Balaban J connectivity index is 1.83. The predicted octanol–water partition coefficient (Wildman–Crippen LogP) is 1.58. The minimum absolute atomic E-state index is 0.0137. The molecule has 0 radical (unpaired) electrons. The van der Waals surface area contributed by atoms with Crippen LogP contribution in [0.3, 0.4) is 0 Å². The van der Waals surface area contributed by atoms with Gasteiger partial charge in [-0.25, -0.2) is 0 Å². The number of thioether (sulfide) groups is 1. The molecule has 2 N–H and O–H groups in total. The number of likely N-dealkylation sites (tertiary alicyclic amines) is 1. The normalized spacial score (nSPS) is 27.1. The first-order valence-corrected chi connectivity index (χ1v) is 7.54. The fourth-order valence-electron chi connectivity index (χ4n) is 2.75. The van der Waals surface area contributed by atoms with Crippen LogP contribution in [0.1, 0.15) is 22.8 Å². The summed E-state index contributed by atoms with van der Waals surface area (Å²) in [6, 6.07) is 8.49. The molecular formula is C14H18N2OS. The number of hydrogen-bond donors (Lipinski definition) is 1. The molecule has 1 amide bonds. The maximum absolute atomic E-state index is 12.6.